The highest BCUT2D eigenvalue weighted by atomic mass is 80.0. The van der Waals surface area contributed by atoms with Gasteiger partial charge in [-0.1, -0.05) is 54.7 Å². The van der Waals surface area contributed by atoms with Crippen molar-refractivity contribution in [2.45, 2.75) is 15.5 Å². The number of hydrogen-bond acceptors (Lipinski definition) is 1. The van der Waals surface area contributed by atoms with Gasteiger partial charge >= 0.3 is 0 Å². The summed E-state index contributed by atoms with van der Waals surface area (Å²) in [6, 6.07) is 0. The highest BCUT2D eigenvalue weighted by Gasteiger charge is 2.25. The third-order valence-corrected chi connectivity index (χ3v) is 1.96. The minimum Gasteiger partial charge on any atom is -0.296 e. The van der Waals surface area contributed by atoms with Crippen molar-refractivity contribution in [3.05, 3.63) is 0 Å². The molecule has 1 nitrogen and oxygen atoms in total. The minimum absolute atomic E-state index is 0.0810. The van der Waals surface area contributed by atoms with Crippen LogP contribution in [0.25, 0.3) is 0 Å². The van der Waals surface area contributed by atoms with E-state index >= 15 is 0 Å². The number of carbonyl (C=O) groups is 1. The average molecular weight is 309 g/mol. The van der Waals surface area contributed by atoms with Crippen LogP contribution in [0.2, 0.25) is 0 Å². The molecule has 0 aliphatic rings. The van der Waals surface area contributed by atoms with Crippen LogP contribution < -0.4 is 0 Å². The van der Waals surface area contributed by atoms with Crippen LogP contribution in [-0.2, 0) is 4.79 Å². The van der Waals surface area contributed by atoms with Crippen molar-refractivity contribution in [2.75, 3.05) is 0 Å². The van der Waals surface area contributed by atoms with Gasteiger partial charge in [0.05, 0.1) is 0 Å². The molecule has 0 rings (SSSR count). The molecule has 0 atom stereocenters. The summed E-state index contributed by atoms with van der Waals surface area (Å²) in [7, 11) is 0. The summed E-state index contributed by atoms with van der Waals surface area (Å²) < 4.78 is -0.693. The van der Waals surface area contributed by atoms with Gasteiger partial charge in [-0.25, -0.2) is 0 Å². The van der Waals surface area contributed by atoms with Gasteiger partial charge in [-0.3, -0.25) is 4.79 Å². The van der Waals surface area contributed by atoms with Gasteiger partial charge in [0.15, 0.2) is 7.93 Å². The topological polar surface area (TPSA) is 17.1 Å². The summed E-state index contributed by atoms with van der Waals surface area (Å²) in [4.78, 5) is 10.7. The molecule has 4 heteroatoms. The van der Waals surface area contributed by atoms with Crippen molar-refractivity contribution in [1.82, 2.24) is 0 Å². The number of ketones is 1. The monoisotopic (exact) mass is 306 g/mol. The maximum Gasteiger partial charge on any atom is 0.192 e. The zero-order valence-electron chi connectivity index (χ0n) is 4.25. The molecular weight excluding hydrogens is 304 g/mol. The van der Waals surface area contributed by atoms with Gasteiger partial charge in [-0.05, 0) is 0 Å². The lowest BCUT2D eigenvalue weighted by molar-refractivity contribution is -0.117. The third-order valence-electron chi connectivity index (χ3n) is 0.637. The zero-order valence-corrected chi connectivity index (χ0v) is 9.01. The normalized spacial score (nSPS) is 11.5. The standard InChI is InChI=1S/C4H5Br3O/c1-2-3(8)4(5,6)7/h2H2,1H3. The molecule has 0 saturated heterocycles. The van der Waals surface area contributed by atoms with Gasteiger partial charge < -0.3 is 0 Å². The van der Waals surface area contributed by atoms with Crippen molar-refractivity contribution in [1.29, 1.82) is 0 Å². The second kappa shape index (κ2) is 3.32. The maximum absolute atomic E-state index is 10.7. The minimum atomic E-state index is -0.693. The smallest absolute Gasteiger partial charge is 0.192 e. The van der Waals surface area contributed by atoms with Gasteiger partial charge in [0.2, 0.25) is 0 Å². The Kier molecular flexibility index (Phi) is 3.78. The SMILES string of the molecule is CCC(=O)C(Br)(Br)Br. The largest absolute Gasteiger partial charge is 0.296 e. The molecule has 48 valence electrons. The first kappa shape index (κ1) is 9.11. The van der Waals surface area contributed by atoms with E-state index in [1.54, 1.807) is 6.92 Å². The molecule has 0 fully saturated rings. The van der Waals surface area contributed by atoms with E-state index in [-0.39, 0.29) is 5.78 Å². The first-order valence-electron chi connectivity index (χ1n) is 2.08. The van der Waals surface area contributed by atoms with Crippen molar-refractivity contribution in [3.8, 4) is 0 Å². The van der Waals surface area contributed by atoms with Crippen molar-refractivity contribution in [3.63, 3.8) is 0 Å². The predicted molar refractivity (Wildman–Crippen MR) is 44.8 cm³/mol. The van der Waals surface area contributed by atoms with E-state index in [0.29, 0.717) is 6.42 Å². The summed E-state index contributed by atoms with van der Waals surface area (Å²) in [5.74, 6) is 0.0810. The molecule has 0 radical (unpaired) electrons. The fourth-order valence-corrected chi connectivity index (χ4v) is 1.04. The molecule has 0 aliphatic heterocycles. The number of rotatable bonds is 1. The van der Waals surface area contributed by atoms with E-state index in [1.165, 1.54) is 0 Å². The van der Waals surface area contributed by atoms with E-state index in [4.69, 9.17) is 0 Å². The molecule has 0 aliphatic carbocycles. The lowest BCUT2D eigenvalue weighted by Crippen LogP contribution is -2.14. The van der Waals surface area contributed by atoms with Gasteiger partial charge in [0.25, 0.3) is 0 Å². The summed E-state index contributed by atoms with van der Waals surface area (Å²) in [5.41, 5.74) is 0. The third kappa shape index (κ3) is 3.20. The molecule has 0 amide bonds. The van der Waals surface area contributed by atoms with E-state index in [2.05, 4.69) is 47.8 Å². The van der Waals surface area contributed by atoms with Crippen LogP contribution in [0.1, 0.15) is 13.3 Å². The van der Waals surface area contributed by atoms with Crippen LogP contribution in [-0.4, -0.2) is 7.93 Å². The molecule has 0 aromatic rings. The summed E-state index contributed by atoms with van der Waals surface area (Å²) in [6.45, 7) is 1.81. The molecule has 0 aromatic carbocycles. The van der Waals surface area contributed by atoms with Crippen molar-refractivity contribution in [2.24, 2.45) is 0 Å². The number of carbonyl (C=O) groups excluding carboxylic acids is 1. The Bertz CT molecular complexity index is 93.9. The van der Waals surface area contributed by atoms with E-state index < -0.39 is 2.14 Å². The van der Waals surface area contributed by atoms with E-state index in [0.717, 1.165) is 0 Å². The van der Waals surface area contributed by atoms with Crippen LogP contribution in [0.3, 0.4) is 0 Å². The highest BCUT2D eigenvalue weighted by molar-refractivity contribution is 9.40. The van der Waals surface area contributed by atoms with Crippen LogP contribution in [0.4, 0.5) is 0 Å². The van der Waals surface area contributed by atoms with Crippen LogP contribution in [0.15, 0.2) is 0 Å². The molecule has 0 unspecified atom stereocenters. The Hall–Kier alpha value is 1.11. The molecular formula is C4H5Br3O. The van der Waals surface area contributed by atoms with E-state index in [9.17, 15) is 4.79 Å². The molecule has 8 heavy (non-hydrogen) atoms. The predicted octanol–water partition coefficient (Wildman–Crippen LogP) is 2.80. The molecule has 0 heterocycles. The average Bonchev–Trinajstić information content (AvgIpc) is 1.62. The Morgan fingerprint density at radius 2 is 1.88 bits per heavy atom. The number of Topliss-reactive ketones (excluding diaryl/α,β-unsaturated/α-hetero) is 1. The van der Waals surface area contributed by atoms with Gasteiger partial charge in [0, 0.05) is 6.42 Å². The molecule has 0 N–H and O–H groups in total. The molecule has 0 aromatic heterocycles. The molecule has 0 spiro atoms. The van der Waals surface area contributed by atoms with Gasteiger partial charge in [-0.15, -0.1) is 0 Å². The molecule has 0 saturated carbocycles. The zero-order chi connectivity index (χ0) is 6.78. The number of alkyl halides is 3. The summed E-state index contributed by atoms with van der Waals surface area (Å²) in [5, 5.41) is 0. The van der Waals surface area contributed by atoms with Gasteiger partial charge in [-0.2, -0.15) is 0 Å². The van der Waals surface area contributed by atoms with Crippen LogP contribution in [0.5, 0.6) is 0 Å². The Balaban J connectivity index is 3.82. The second-order valence-corrected chi connectivity index (χ2v) is 8.04. The fourth-order valence-electron chi connectivity index (χ4n) is 0.200. The Morgan fingerprint density at radius 1 is 1.50 bits per heavy atom. The lowest BCUT2D eigenvalue weighted by atomic mass is 10.4. The second-order valence-electron chi connectivity index (χ2n) is 1.27. The number of hydrogen-bond donors (Lipinski definition) is 0. The number of halogens is 3. The van der Waals surface area contributed by atoms with Crippen molar-refractivity contribution < 1.29 is 4.79 Å². The first-order valence-corrected chi connectivity index (χ1v) is 4.46. The van der Waals surface area contributed by atoms with Crippen molar-refractivity contribution >= 4 is 53.6 Å². The first-order chi connectivity index (χ1) is 3.48. The summed E-state index contributed by atoms with van der Waals surface area (Å²) in [6.07, 6.45) is 0.516. The lowest BCUT2D eigenvalue weighted by Gasteiger charge is -2.06. The Morgan fingerprint density at radius 3 is 1.88 bits per heavy atom. The fraction of sp³-hybridized carbons (Fsp3) is 0.750. The Labute approximate surface area is 73.6 Å². The summed E-state index contributed by atoms with van der Waals surface area (Å²) >= 11 is 9.26. The van der Waals surface area contributed by atoms with E-state index in [1.807, 2.05) is 0 Å². The molecule has 0 bridgehead atoms. The maximum atomic E-state index is 10.7. The van der Waals surface area contributed by atoms with Gasteiger partial charge in [0.1, 0.15) is 0 Å². The van der Waals surface area contributed by atoms with Crippen LogP contribution >= 0.6 is 47.8 Å². The quantitative estimate of drug-likeness (QED) is 0.681. The highest BCUT2D eigenvalue weighted by Crippen LogP contribution is 2.34. The van der Waals surface area contributed by atoms with Crippen LogP contribution in [0, 0.1) is 0 Å².